The smallest absolute Gasteiger partial charge is 0.124 e. The summed E-state index contributed by atoms with van der Waals surface area (Å²) in [6, 6.07) is 15.4. The Morgan fingerprint density at radius 2 is 1.90 bits per heavy atom. The van der Waals surface area contributed by atoms with Crippen molar-refractivity contribution in [2.75, 3.05) is 0 Å². The van der Waals surface area contributed by atoms with Crippen molar-refractivity contribution in [3.63, 3.8) is 0 Å². The Hall–Kier alpha value is -1.23. The highest BCUT2D eigenvalue weighted by molar-refractivity contribution is 9.10. The molecule has 0 spiro atoms. The third-order valence-electron chi connectivity index (χ3n) is 3.58. The van der Waals surface area contributed by atoms with Crippen molar-refractivity contribution < 1.29 is 4.39 Å². The van der Waals surface area contributed by atoms with Crippen LogP contribution < -0.4 is 11.3 Å². The van der Waals surface area contributed by atoms with Crippen molar-refractivity contribution in [2.45, 2.75) is 31.7 Å². The molecule has 1 unspecified atom stereocenters. The highest BCUT2D eigenvalue weighted by atomic mass is 79.9. The molecule has 1 atom stereocenters. The average molecular weight is 351 g/mol. The fraction of sp³-hybridized carbons (Fsp3) is 0.294. The molecule has 2 rings (SSSR count). The molecule has 0 bridgehead atoms. The van der Waals surface area contributed by atoms with Crippen molar-refractivity contribution in [1.82, 2.24) is 5.43 Å². The zero-order chi connectivity index (χ0) is 15.1. The first-order valence-electron chi connectivity index (χ1n) is 7.13. The maximum absolute atomic E-state index is 13.1. The maximum atomic E-state index is 13.1. The summed E-state index contributed by atoms with van der Waals surface area (Å²) in [7, 11) is 0. The van der Waals surface area contributed by atoms with Crippen LogP contribution in [-0.2, 0) is 12.8 Å². The second-order valence-corrected chi connectivity index (χ2v) is 6.04. The molecular weight excluding hydrogens is 331 g/mol. The largest absolute Gasteiger partial charge is 0.271 e. The van der Waals surface area contributed by atoms with Gasteiger partial charge in [0.05, 0.1) is 0 Å². The van der Waals surface area contributed by atoms with Crippen LogP contribution in [0.5, 0.6) is 0 Å². The topological polar surface area (TPSA) is 38.0 Å². The lowest BCUT2D eigenvalue weighted by Crippen LogP contribution is -2.36. The van der Waals surface area contributed by atoms with Crippen molar-refractivity contribution >= 4 is 15.9 Å². The van der Waals surface area contributed by atoms with Gasteiger partial charge in [0.25, 0.3) is 0 Å². The second kappa shape index (κ2) is 8.27. The Morgan fingerprint density at radius 1 is 1.14 bits per heavy atom. The number of nitrogens with one attached hydrogen (secondary N) is 1. The fourth-order valence-electron chi connectivity index (χ4n) is 2.39. The Labute approximate surface area is 133 Å². The lowest BCUT2D eigenvalue weighted by atomic mass is 9.99. The molecule has 2 aromatic carbocycles. The molecule has 0 fully saturated rings. The van der Waals surface area contributed by atoms with E-state index in [1.165, 1.54) is 17.7 Å². The van der Waals surface area contributed by atoms with Gasteiger partial charge in [-0.2, -0.15) is 0 Å². The molecule has 0 aliphatic heterocycles. The number of hydrogen-bond donors (Lipinski definition) is 2. The number of halogens is 2. The number of aryl methyl sites for hydroxylation is 1. The van der Waals surface area contributed by atoms with Gasteiger partial charge in [-0.3, -0.25) is 11.3 Å². The summed E-state index contributed by atoms with van der Waals surface area (Å²) in [6.07, 6.45) is 3.88. The molecule has 112 valence electrons. The third-order valence-corrected chi connectivity index (χ3v) is 4.32. The minimum atomic E-state index is -0.230. The molecular formula is C17H20BrFN2. The predicted molar refractivity (Wildman–Crippen MR) is 88.3 cm³/mol. The predicted octanol–water partition coefficient (Wildman–Crippen LogP) is 3.99. The van der Waals surface area contributed by atoms with Crippen LogP contribution in [0.15, 0.2) is 53.0 Å². The summed E-state index contributed by atoms with van der Waals surface area (Å²) in [6.45, 7) is 0. The van der Waals surface area contributed by atoms with Gasteiger partial charge in [-0.25, -0.2) is 4.39 Å². The van der Waals surface area contributed by atoms with Gasteiger partial charge in [0.15, 0.2) is 0 Å². The lowest BCUT2D eigenvalue weighted by molar-refractivity contribution is 0.475. The number of benzene rings is 2. The molecule has 0 aromatic heterocycles. The number of rotatable bonds is 7. The number of hydrazine groups is 1. The van der Waals surface area contributed by atoms with E-state index >= 15 is 0 Å². The molecule has 0 aliphatic carbocycles. The molecule has 4 heteroatoms. The Bertz CT molecular complexity index is 560. The minimum absolute atomic E-state index is 0.190. The van der Waals surface area contributed by atoms with E-state index in [9.17, 15) is 4.39 Å². The third kappa shape index (κ3) is 5.23. The van der Waals surface area contributed by atoms with Crippen LogP contribution in [0.4, 0.5) is 4.39 Å². The molecule has 0 radical (unpaired) electrons. The molecule has 0 saturated heterocycles. The van der Waals surface area contributed by atoms with E-state index in [0.29, 0.717) is 0 Å². The molecule has 0 heterocycles. The standard InChI is InChI=1S/C17H20BrFN2/c18-17-12-15(19)10-9-14(17)11-16(21-20)8-4-7-13-5-2-1-3-6-13/h1-3,5-6,9-10,12,16,21H,4,7-8,11,20H2. The summed E-state index contributed by atoms with van der Waals surface area (Å²) < 4.78 is 13.9. The lowest BCUT2D eigenvalue weighted by Gasteiger charge is -2.17. The molecule has 2 aromatic rings. The number of nitrogens with two attached hydrogens (primary N) is 1. The maximum Gasteiger partial charge on any atom is 0.124 e. The van der Waals surface area contributed by atoms with Crippen molar-refractivity contribution in [3.8, 4) is 0 Å². The van der Waals surface area contributed by atoms with Crippen LogP contribution in [0.25, 0.3) is 0 Å². The van der Waals surface area contributed by atoms with E-state index in [1.54, 1.807) is 6.07 Å². The van der Waals surface area contributed by atoms with E-state index in [0.717, 1.165) is 35.7 Å². The van der Waals surface area contributed by atoms with Crippen LogP contribution in [0.3, 0.4) is 0 Å². The zero-order valence-corrected chi connectivity index (χ0v) is 13.4. The van der Waals surface area contributed by atoms with Crippen molar-refractivity contribution in [1.29, 1.82) is 0 Å². The number of hydrogen-bond acceptors (Lipinski definition) is 2. The first-order valence-corrected chi connectivity index (χ1v) is 7.92. The van der Waals surface area contributed by atoms with Gasteiger partial charge in [0.1, 0.15) is 5.82 Å². The van der Waals surface area contributed by atoms with E-state index < -0.39 is 0 Å². The van der Waals surface area contributed by atoms with Gasteiger partial charge in [0.2, 0.25) is 0 Å². The summed E-state index contributed by atoms with van der Waals surface area (Å²) in [5.41, 5.74) is 5.28. The van der Waals surface area contributed by atoms with Gasteiger partial charge < -0.3 is 0 Å². The summed E-state index contributed by atoms with van der Waals surface area (Å²) in [5, 5.41) is 0. The summed E-state index contributed by atoms with van der Waals surface area (Å²) >= 11 is 3.40. The summed E-state index contributed by atoms with van der Waals surface area (Å²) in [5.74, 6) is 5.41. The molecule has 2 nitrogen and oxygen atoms in total. The highest BCUT2D eigenvalue weighted by Gasteiger charge is 2.10. The van der Waals surface area contributed by atoms with E-state index in [4.69, 9.17) is 5.84 Å². The van der Waals surface area contributed by atoms with Gasteiger partial charge in [0, 0.05) is 10.5 Å². The highest BCUT2D eigenvalue weighted by Crippen LogP contribution is 2.20. The van der Waals surface area contributed by atoms with Crippen LogP contribution >= 0.6 is 15.9 Å². The molecule has 3 N–H and O–H groups in total. The molecule has 0 saturated carbocycles. The monoisotopic (exact) mass is 350 g/mol. The van der Waals surface area contributed by atoms with Crippen molar-refractivity contribution in [3.05, 3.63) is 69.9 Å². The van der Waals surface area contributed by atoms with E-state index in [-0.39, 0.29) is 11.9 Å². The van der Waals surface area contributed by atoms with Gasteiger partial charge in [-0.1, -0.05) is 52.3 Å². The normalized spacial score (nSPS) is 12.3. The molecule has 0 amide bonds. The van der Waals surface area contributed by atoms with Crippen LogP contribution in [-0.4, -0.2) is 6.04 Å². The average Bonchev–Trinajstić information content (AvgIpc) is 2.49. The second-order valence-electron chi connectivity index (χ2n) is 5.18. The Balaban J connectivity index is 1.85. The minimum Gasteiger partial charge on any atom is -0.271 e. The Kier molecular flexibility index (Phi) is 6.36. The van der Waals surface area contributed by atoms with Crippen LogP contribution in [0, 0.1) is 5.82 Å². The van der Waals surface area contributed by atoms with Gasteiger partial charge in [-0.15, -0.1) is 0 Å². The zero-order valence-electron chi connectivity index (χ0n) is 11.9. The van der Waals surface area contributed by atoms with Gasteiger partial charge >= 0.3 is 0 Å². The quantitative estimate of drug-likeness (QED) is 0.585. The van der Waals surface area contributed by atoms with Gasteiger partial charge in [-0.05, 0) is 48.9 Å². The Morgan fingerprint density at radius 3 is 2.57 bits per heavy atom. The van der Waals surface area contributed by atoms with Crippen LogP contribution in [0.1, 0.15) is 24.0 Å². The summed E-state index contributed by atoms with van der Waals surface area (Å²) in [4.78, 5) is 0. The van der Waals surface area contributed by atoms with E-state index in [1.807, 2.05) is 6.07 Å². The van der Waals surface area contributed by atoms with Crippen molar-refractivity contribution in [2.24, 2.45) is 5.84 Å². The SMILES string of the molecule is NNC(CCCc1ccccc1)Cc1ccc(F)cc1Br. The van der Waals surface area contributed by atoms with Crippen LogP contribution in [0.2, 0.25) is 0 Å². The fourth-order valence-corrected chi connectivity index (χ4v) is 2.91. The first kappa shape index (κ1) is 16.1. The molecule has 0 aliphatic rings. The molecule has 21 heavy (non-hydrogen) atoms. The first-order chi connectivity index (χ1) is 10.2. The van der Waals surface area contributed by atoms with E-state index in [2.05, 4.69) is 45.6 Å².